The maximum atomic E-state index is 14.0. The van der Waals surface area contributed by atoms with Crippen molar-refractivity contribution in [2.24, 2.45) is 29.4 Å². The first-order valence-electron chi connectivity index (χ1n) is 18.1. The average molecular weight is 681 g/mol. The smallest absolute Gasteiger partial charge is 0.249 e. The molecule has 0 bridgehead atoms. The maximum Gasteiger partial charge on any atom is 0.249 e. The lowest BCUT2D eigenvalue weighted by atomic mass is 9.79. The molecule has 4 rings (SSSR count). The van der Waals surface area contributed by atoms with Crippen LogP contribution in [0.1, 0.15) is 89.3 Å². The number of imidazole rings is 1. The van der Waals surface area contributed by atoms with Crippen LogP contribution in [0.2, 0.25) is 0 Å². The number of imide groups is 1. The van der Waals surface area contributed by atoms with Gasteiger partial charge in [0.25, 0.3) is 0 Å². The van der Waals surface area contributed by atoms with Crippen molar-refractivity contribution in [3.8, 4) is 0 Å². The molecule has 0 spiro atoms. The standard InChI is InChI=1S/C37H56N6O6/c1-24(2)17-32(44)34(46)30(19-26-11-7-4-8-12-26)36(48)42-37(49)31(21-29-22-39-23-40-29)41-35(47)27(18-25-9-5-3-6-10-25)20-33(45)43-15-13-28(38)14-16-43/h3,5-6,9-10,22-24,26-28,30-32,34,44,46H,4,7-8,11-21,38H2,1-2H3,(H,39,40)(H,41,47)(H,42,48,49)/t27-,30+,31+,32+,34+/m1/s1. The Kier molecular flexibility index (Phi) is 14.8. The number of nitrogens with zero attached hydrogens (tertiary/aromatic N) is 2. The number of likely N-dealkylation sites (tertiary alicyclic amines) is 1. The number of hydrogen-bond donors (Lipinski definition) is 6. The molecule has 5 atom stereocenters. The Morgan fingerprint density at radius 1 is 0.959 bits per heavy atom. The summed E-state index contributed by atoms with van der Waals surface area (Å²) in [6, 6.07) is 8.28. The highest BCUT2D eigenvalue weighted by molar-refractivity contribution is 6.00. The summed E-state index contributed by atoms with van der Waals surface area (Å²) < 4.78 is 0. The molecule has 49 heavy (non-hydrogen) atoms. The second-order valence-corrected chi connectivity index (χ2v) is 14.5. The average Bonchev–Trinajstić information content (AvgIpc) is 3.60. The number of piperidine rings is 1. The van der Waals surface area contributed by atoms with Gasteiger partial charge < -0.3 is 31.1 Å². The highest BCUT2D eigenvalue weighted by Gasteiger charge is 2.37. The van der Waals surface area contributed by atoms with Crippen molar-refractivity contribution in [3.05, 3.63) is 54.1 Å². The van der Waals surface area contributed by atoms with Gasteiger partial charge in [-0.3, -0.25) is 24.5 Å². The fraction of sp³-hybridized carbons (Fsp3) is 0.649. The monoisotopic (exact) mass is 680 g/mol. The molecule has 2 aliphatic rings. The van der Waals surface area contributed by atoms with Crippen molar-refractivity contribution < 1.29 is 29.4 Å². The first-order valence-corrected chi connectivity index (χ1v) is 18.1. The Hall–Kier alpha value is -3.61. The Balaban J connectivity index is 1.52. The van der Waals surface area contributed by atoms with Crippen LogP contribution >= 0.6 is 0 Å². The van der Waals surface area contributed by atoms with Crippen LogP contribution < -0.4 is 16.4 Å². The largest absolute Gasteiger partial charge is 0.390 e. The number of rotatable bonds is 16. The van der Waals surface area contributed by atoms with E-state index in [0.717, 1.165) is 37.7 Å². The number of benzene rings is 1. The maximum absolute atomic E-state index is 14.0. The van der Waals surface area contributed by atoms with Crippen LogP contribution in [0.25, 0.3) is 0 Å². The summed E-state index contributed by atoms with van der Waals surface area (Å²) in [5, 5.41) is 27.3. The summed E-state index contributed by atoms with van der Waals surface area (Å²) in [6.07, 6.45) is 7.93. The fourth-order valence-corrected chi connectivity index (χ4v) is 7.14. The number of hydrogen-bond acceptors (Lipinski definition) is 8. The van der Waals surface area contributed by atoms with Crippen molar-refractivity contribution in [3.63, 3.8) is 0 Å². The first kappa shape index (κ1) is 38.2. The molecule has 1 aromatic carbocycles. The van der Waals surface area contributed by atoms with Gasteiger partial charge in [-0.1, -0.05) is 76.3 Å². The summed E-state index contributed by atoms with van der Waals surface area (Å²) in [5.41, 5.74) is 7.48. The molecule has 1 saturated heterocycles. The van der Waals surface area contributed by atoms with Gasteiger partial charge in [-0.2, -0.15) is 0 Å². The third kappa shape index (κ3) is 12.0. The van der Waals surface area contributed by atoms with Crippen LogP contribution in [0.4, 0.5) is 0 Å². The Labute approximate surface area is 290 Å². The molecule has 1 aromatic heterocycles. The number of carbonyl (C=O) groups is 4. The number of aromatic amines is 1. The van der Waals surface area contributed by atoms with Gasteiger partial charge in [-0.15, -0.1) is 0 Å². The van der Waals surface area contributed by atoms with E-state index in [4.69, 9.17) is 5.73 Å². The van der Waals surface area contributed by atoms with Gasteiger partial charge in [0.15, 0.2) is 0 Å². The third-order valence-electron chi connectivity index (χ3n) is 10.0. The molecule has 12 heteroatoms. The van der Waals surface area contributed by atoms with E-state index >= 15 is 0 Å². The topological polar surface area (TPSA) is 191 Å². The molecule has 12 nitrogen and oxygen atoms in total. The van der Waals surface area contributed by atoms with Gasteiger partial charge in [-0.25, -0.2) is 4.98 Å². The van der Waals surface area contributed by atoms with Crippen LogP contribution in [0, 0.1) is 23.7 Å². The number of nitrogens with one attached hydrogen (secondary N) is 3. The molecule has 270 valence electrons. The first-order chi connectivity index (χ1) is 23.5. The summed E-state index contributed by atoms with van der Waals surface area (Å²) in [7, 11) is 0. The summed E-state index contributed by atoms with van der Waals surface area (Å²) >= 11 is 0. The molecule has 0 unspecified atom stereocenters. The quantitative estimate of drug-likeness (QED) is 0.156. The van der Waals surface area contributed by atoms with Gasteiger partial charge in [0.2, 0.25) is 23.6 Å². The molecule has 2 fully saturated rings. The van der Waals surface area contributed by atoms with E-state index in [9.17, 15) is 29.4 Å². The number of aromatic nitrogens is 2. The van der Waals surface area contributed by atoms with Gasteiger partial charge in [0.1, 0.15) is 6.04 Å². The zero-order chi connectivity index (χ0) is 35.3. The summed E-state index contributed by atoms with van der Waals surface area (Å²) in [5.74, 6) is -3.50. The lowest BCUT2D eigenvalue weighted by Gasteiger charge is -2.32. The molecule has 2 heterocycles. The minimum absolute atomic E-state index is 0.0205. The molecular formula is C37H56N6O6. The molecule has 1 saturated carbocycles. The van der Waals surface area contributed by atoms with Crippen LogP contribution in [-0.4, -0.2) is 86.1 Å². The van der Waals surface area contributed by atoms with E-state index in [-0.39, 0.29) is 43.0 Å². The zero-order valence-corrected chi connectivity index (χ0v) is 29.1. The van der Waals surface area contributed by atoms with E-state index in [2.05, 4.69) is 20.6 Å². The Bertz CT molecular complexity index is 1320. The Morgan fingerprint density at radius 3 is 2.29 bits per heavy atom. The Morgan fingerprint density at radius 2 is 1.65 bits per heavy atom. The van der Waals surface area contributed by atoms with E-state index in [1.165, 1.54) is 12.5 Å². The van der Waals surface area contributed by atoms with Crippen LogP contribution in [-0.2, 0) is 32.0 Å². The van der Waals surface area contributed by atoms with Crippen molar-refractivity contribution in [2.75, 3.05) is 13.1 Å². The van der Waals surface area contributed by atoms with Crippen molar-refractivity contribution in [1.82, 2.24) is 25.5 Å². The number of nitrogens with two attached hydrogens (primary N) is 1. The predicted molar refractivity (Wildman–Crippen MR) is 186 cm³/mol. The molecule has 0 radical (unpaired) electrons. The van der Waals surface area contributed by atoms with Crippen LogP contribution in [0.5, 0.6) is 0 Å². The molecule has 1 aliphatic heterocycles. The number of H-pyrrole nitrogens is 1. The van der Waals surface area contributed by atoms with Gasteiger partial charge in [0.05, 0.1) is 30.4 Å². The molecule has 2 aromatic rings. The molecular weight excluding hydrogens is 624 g/mol. The third-order valence-corrected chi connectivity index (χ3v) is 10.0. The molecule has 4 amide bonds. The number of aliphatic hydroxyl groups is 2. The van der Waals surface area contributed by atoms with Gasteiger partial charge in [-0.05, 0) is 49.5 Å². The SMILES string of the molecule is CC(C)C[C@H](O)[C@@H](O)[C@H](CC1CCCCC1)C(=O)NC(=O)[C@H](Cc1cnc[nH]1)NC(=O)[C@@H](CC(=O)N1CCC(N)CC1)Cc1ccccc1. The minimum atomic E-state index is -1.34. The van der Waals surface area contributed by atoms with Crippen LogP contribution in [0.3, 0.4) is 0 Å². The normalized spacial score (nSPS) is 19.1. The lowest BCUT2D eigenvalue weighted by Crippen LogP contribution is -2.54. The van der Waals surface area contributed by atoms with E-state index in [0.29, 0.717) is 44.5 Å². The predicted octanol–water partition coefficient (Wildman–Crippen LogP) is 2.63. The highest BCUT2D eigenvalue weighted by atomic mass is 16.3. The van der Waals surface area contributed by atoms with Gasteiger partial charge >= 0.3 is 0 Å². The van der Waals surface area contributed by atoms with E-state index in [1.54, 1.807) is 4.90 Å². The van der Waals surface area contributed by atoms with Crippen LogP contribution in [0.15, 0.2) is 42.9 Å². The van der Waals surface area contributed by atoms with Crippen molar-refractivity contribution in [1.29, 1.82) is 0 Å². The van der Waals surface area contributed by atoms with E-state index in [1.807, 2.05) is 44.2 Å². The van der Waals surface area contributed by atoms with Gasteiger partial charge in [0, 0.05) is 43.9 Å². The summed E-state index contributed by atoms with van der Waals surface area (Å²) in [4.78, 5) is 63.7. The molecule has 1 aliphatic carbocycles. The fourth-order valence-electron chi connectivity index (χ4n) is 7.14. The lowest BCUT2D eigenvalue weighted by molar-refractivity contribution is -0.141. The number of carbonyl (C=O) groups excluding carboxylic acids is 4. The highest BCUT2D eigenvalue weighted by Crippen LogP contribution is 2.31. The zero-order valence-electron chi connectivity index (χ0n) is 29.1. The second-order valence-electron chi connectivity index (χ2n) is 14.5. The number of aliphatic hydroxyl groups excluding tert-OH is 2. The molecule has 7 N–H and O–H groups in total. The van der Waals surface area contributed by atoms with E-state index < -0.39 is 47.8 Å². The van der Waals surface area contributed by atoms with Crippen molar-refractivity contribution in [2.45, 2.75) is 115 Å². The van der Waals surface area contributed by atoms with Crippen molar-refractivity contribution >= 4 is 23.6 Å². The number of amides is 4. The second kappa shape index (κ2) is 19.0. The minimum Gasteiger partial charge on any atom is -0.390 e. The summed E-state index contributed by atoms with van der Waals surface area (Å²) in [6.45, 7) is 4.93.